The van der Waals surface area contributed by atoms with Crippen LogP contribution in [0.5, 0.6) is 0 Å². The van der Waals surface area contributed by atoms with Gasteiger partial charge < -0.3 is 15.3 Å². The summed E-state index contributed by atoms with van der Waals surface area (Å²) in [5, 5.41) is 23.1. The smallest absolute Gasteiger partial charge is 0.292 e. The highest BCUT2D eigenvalue weighted by molar-refractivity contribution is 5.95. The molecule has 0 aliphatic carbocycles. The highest BCUT2D eigenvalue weighted by Crippen LogP contribution is 2.27. The molecule has 1 amide bonds. The van der Waals surface area contributed by atoms with Gasteiger partial charge in [0.2, 0.25) is 0 Å². The predicted molar refractivity (Wildman–Crippen MR) is 75.9 cm³/mol. The van der Waals surface area contributed by atoms with E-state index in [9.17, 15) is 20.0 Å². The molecule has 2 N–H and O–H groups in total. The van der Waals surface area contributed by atoms with Gasteiger partial charge in [-0.15, -0.1) is 0 Å². The van der Waals surface area contributed by atoms with Crippen molar-refractivity contribution in [3.63, 3.8) is 0 Å². The van der Waals surface area contributed by atoms with E-state index in [0.29, 0.717) is 12.0 Å². The van der Waals surface area contributed by atoms with Crippen LogP contribution in [0.15, 0.2) is 18.2 Å². The average Bonchev–Trinajstić information content (AvgIpc) is 2.43. The number of carbonyl (C=O) groups is 1. The number of aliphatic hydroxyl groups is 1. The fourth-order valence-corrected chi connectivity index (χ4v) is 1.70. The largest absolute Gasteiger partial charge is 0.394 e. The minimum Gasteiger partial charge on any atom is -0.394 e. The SMILES string of the molecule is CCC(CO)Nc1cc(C(=O)N(C)C)ccc1[N+](=O)[O-]. The van der Waals surface area contributed by atoms with Gasteiger partial charge in [0.25, 0.3) is 11.6 Å². The van der Waals surface area contributed by atoms with Gasteiger partial charge in [-0.1, -0.05) is 6.92 Å². The summed E-state index contributed by atoms with van der Waals surface area (Å²) in [7, 11) is 3.22. The van der Waals surface area contributed by atoms with E-state index in [-0.39, 0.29) is 29.9 Å². The fraction of sp³-hybridized carbons (Fsp3) is 0.462. The summed E-state index contributed by atoms with van der Waals surface area (Å²) in [4.78, 5) is 23.8. The van der Waals surface area contributed by atoms with Crippen LogP contribution in [0.1, 0.15) is 23.7 Å². The molecule has 1 unspecified atom stereocenters. The van der Waals surface area contributed by atoms with Crippen LogP contribution in [0.3, 0.4) is 0 Å². The van der Waals surface area contributed by atoms with Gasteiger partial charge in [0.05, 0.1) is 11.5 Å². The van der Waals surface area contributed by atoms with Gasteiger partial charge in [0.1, 0.15) is 5.69 Å². The molecule has 1 atom stereocenters. The molecule has 0 aliphatic heterocycles. The summed E-state index contributed by atoms with van der Waals surface area (Å²) >= 11 is 0. The standard InChI is InChI=1S/C13H19N3O4/c1-4-10(8-17)14-11-7-9(13(18)15(2)3)5-6-12(11)16(19)20/h5-7,10,14,17H,4,8H2,1-3H3. The molecule has 0 saturated carbocycles. The zero-order chi connectivity index (χ0) is 15.3. The van der Waals surface area contributed by atoms with Crippen LogP contribution in [0.25, 0.3) is 0 Å². The third kappa shape index (κ3) is 3.67. The maximum Gasteiger partial charge on any atom is 0.292 e. The monoisotopic (exact) mass is 281 g/mol. The number of nitro benzene ring substituents is 1. The number of amides is 1. The van der Waals surface area contributed by atoms with E-state index in [4.69, 9.17) is 0 Å². The first-order valence-electron chi connectivity index (χ1n) is 6.28. The first-order chi connectivity index (χ1) is 9.40. The second-order valence-electron chi connectivity index (χ2n) is 4.62. The summed E-state index contributed by atoms with van der Waals surface area (Å²) in [6.07, 6.45) is 0.611. The van der Waals surface area contributed by atoms with E-state index >= 15 is 0 Å². The normalized spacial score (nSPS) is 11.8. The minimum absolute atomic E-state index is 0.118. The summed E-state index contributed by atoms with van der Waals surface area (Å²) < 4.78 is 0. The Morgan fingerprint density at radius 2 is 2.15 bits per heavy atom. The van der Waals surface area contributed by atoms with E-state index < -0.39 is 4.92 Å². The number of aliphatic hydroxyl groups excluding tert-OH is 1. The number of nitrogens with one attached hydrogen (secondary N) is 1. The van der Waals surface area contributed by atoms with Crippen LogP contribution in [-0.2, 0) is 0 Å². The van der Waals surface area contributed by atoms with Gasteiger partial charge in [-0.3, -0.25) is 14.9 Å². The highest BCUT2D eigenvalue weighted by Gasteiger charge is 2.19. The number of rotatable bonds is 6. The van der Waals surface area contributed by atoms with Crippen molar-refractivity contribution in [1.82, 2.24) is 4.90 Å². The molecule has 20 heavy (non-hydrogen) atoms. The number of anilines is 1. The van der Waals surface area contributed by atoms with Crippen molar-refractivity contribution in [2.45, 2.75) is 19.4 Å². The van der Waals surface area contributed by atoms with E-state index in [0.717, 1.165) is 0 Å². The lowest BCUT2D eigenvalue weighted by Crippen LogP contribution is -2.24. The number of nitro groups is 1. The van der Waals surface area contributed by atoms with Crippen LogP contribution in [0.4, 0.5) is 11.4 Å². The lowest BCUT2D eigenvalue weighted by molar-refractivity contribution is -0.384. The third-order valence-electron chi connectivity index (χ3n) is 2.92. The molecule has 1 aromatic rings. The lowest BCUT2D eigenvalue weighted by atomic mass is 10.1. The molecule has 110 valence electrons. The molecule has 7 nitrogen and oxygen atoms in total. The molecule has 0 saturated heterocycles. The maximum atomic E-state index is 11.9. The molecule has 0 bridgehead atoms. The van der Waals surface area contributed by atoms with E-state index in [1.54, 1.807) is 14.1 Å². The van der Waals surface area contributed by atoms with Crippen LogP contribution >= 0.6 is 0 Å². The van der Waals surface area contributed by atoms with Gasteiger partial charge in [0, 0.05) is 31.8 Å². The topological polar surface area (TPSA) is 95.7 Å². The molecular weight excluding hydrogens is 262 g/mol. The van der Waals surface area contributed by atoms with Crippen LogP contribution < -0.4 is 5.32 Å². The Morgan fingerprint density at radius 3 is 2.60 bits per heavy atom. The van der Waals surface area contributed by atoms with Crippen molar-refractivity contribution in [2.75, 3.05) is 26.0 Å². The van der Waals surface area contributed by atoms with Crippen molar-refractivity contribution in [3.05, 3.63) is 33.9 Å². The van der Waals surface area contributed by atoms with E-state index in [1.807, 2.05) is 6.92 Å². The summed E-state index contributed by atoms with van der Waals surface area (Å²) in [6.45, 7) is 1.72. The summed E-state index contributed by atoms with van der Waals surface area (Å²) in [5.41, 5.74) is 0.478. The molecule has 1 aromatic carbocycles. The Bertz CT molecular complexity index is 498. The predicted octanol–water partition coefficient (Wildman–Crippen LogP) is 1.48. The number of hydrogen-bond acceptors (Lipinski definition) is 5. The molecule has 7 heteroatoms. The minimum atomic E-state index is -0.518. The van der Waals surface area contributed by atoms with Crippen molar-refractivity contribution < 1.29 is 14.8 Å². The zero-order valence-electron chi connectivity index (χ0n) is 11.8. The van der Waals surface area contributed by atoms with Crippen LogP contribution in [-0.4, -0.2) is 47.6 Å². The van der Waals surface area contributed by atoms with Crippen LogP contribution in [0, 0.1) is 10.1 Å². The van der Waals surface area contributed by atoms with Crippen molar-refractivity contribution in [3.8, 4) is 0 Å². The summed E-state index contributed by atoms with van der Waals surface area (Å²) in [6, 6.07) is 3.87. The number of hydrogen-bond donors (Lipinski definition) is 2. The second kappa shape index (κ2) is 6.85. The highest BCUT2D eigenvalue weighted by atomic mass is 16.6. The Morgan fingerprint density at radius 1 is 1.50 bits per heavy atom. The molecule has 0 aromatic heterocycles. The Kier molecular flexibility index (Phi) is 5.45. The first kappa shape index (κ1) is 15.9. The number of carbonyl (C=O) groups excluding carboxylic acids is 1. The summed E-state index contributed by atoms with van der Waals surface area (Å²) in [5.74, 6) is -0.236. The lowest BCUT2D eigenvalue weighted by Gasteiger charge is -2.17. The van der Waals surface area contributed by atoms with Gasteiger partial charge >= 0.3 is 0 Å². The molecule has 0 spiro atoms. The Labute approximate surface area is 117 Å². The fourth-order valence-electron chi connectivity index (χ4n) is 1.70. The third-order valence-corrected chi connectivity index (χ3v) is 2.92. The number of nitrogens with zero attached hydrogens (tertiary/aromatic N) is 2. The van der Waals surface area contributed by atoms with Gasteiger partial charge in [-0.25, -0.2) is 0 Å². The van der Waals surface area contributed by atoms with Gasteiger partial charge in [-0.05, 0) is 18.6 Å². The van der Waals surface area contributed by atoms with Crippen molar-refractivity contribution >= 4 is 17.3 Å². The zero-order valence-corrected chi connectivity index (χ0v) is 11.8. The Balaban J connectivity index is 3.18. The van der Waals surface area contributed by atoms with Crippen LogP contribution in [0.2, 0.25) is 0 Å². The molecule has 0 fully saturated rings. The first-order valence-corrected chi connectivity index (χ1v) is 6.28. The second-order valence-corrected chi connectivity index (χ2v) is 4.62. The molecule has 0 aliphatic rings. The Hall–Kier alpha value is -2.15. The van der Waals surface area contributed by atoms with E-state index in [2.05, 4.69) is 5.32 Å². The van der Waals surface area contributed by atoms with Crippen molar-refractivity contribution in [1.29, 1.82) is 0 Å². The van der Waals surface area contributed by atoms with Gasteiger partial charge in [-0.2, -0.15) is 0 Å². The van der Waals surface area contributed by atoms with Crippen molar-refractivity contribution in [2.24, 2.45) is 0 Å². The number of benzene rings is 1. The molecular formula is C13H19N3O4. The molecule has 0 heterocycles. The maximum absolute atomic E-state index is 11.9. The van der Waals surface area contributed by atoms with Gasteiger partial charge in [0.15, 0.2) is 0 Å². The quantitative estimate of drug-likeness (QED) is 0.608. The van der Waals surface area contributed by atoms with E-state index in [1.165, 1.54) is 23.1 Å². The molecule has 0 radical (unpaired) electrons. The average molecular weight is 281 g/mol. The molecule has 1 rings (SSSR count).